The minimum atomic E-state index is -0.726. The normalized spacial score (nSPS) is 19.4. The highest BCUT2D eigenvalue weighted by Gasteiger charge is 2.34. The van der Waals surface area contributed by atoms with Gasteiger partial charge in [-0.3, -0.25) is 4.90 Å². The van der Waals surface area contributed by atoms with E-state index in [0.717, 1.165) is 31.9 Å². The van der Waals surface area contributed by atoms with Gasteiger partial charge < -0.3 is 20.3 Å². The molecule has 2 N–H and O–H groups in total. The molecule has 168 valence electrons. The summed E-state index contributed by atoms with van der Waals surface area (Å²) in [6.45, 7) is 3.36. The predicted molar refractivity (Wildman–Crippen MR) is 120 cm³/mol. The molecular formula is C23H24ClFN4O3. The zero-order chi connectivity index (χ0) is 22.7. The van der Waals surface area contributed by atoms with Crippen LogP contribution in [0.5, 0.6) is 0 Å². The summed E-state index contributed by atoms with van der Waals surface area (Å²) in [5.74, 6) is -0.939. The molecule has 2 amide bonds. The Morgan fingerprint density at radius 2 is 1.81 bits per heavy atom. The monoisotopic (exact) mass is 458 g/mol. The zero-order valence-electron chi connectivity index (χ0n) is 17.6. The van der Waals surface area contributed by atoms with Crippen molar-refractivity contribution in [3.8, 4) is 0 Å². The Morgan fingerprint density at radius 3 is 2.47 bits per heavy atom. The number of nitrogens with one attached hydrogen (secondary N) is 2. The average molecular weight is 459 g/mol. The molecule has 0 bridgehead atoms. The van der Waals surface area contributed by atoms with Gasteiger partial charge in [0.15, 0.2) is 0 Å². The highest BCUT2D eigenvalue weighted by molar-refractivity contribution is 6.33. The summed E-state index contributed by atoms with van der Waals surface area (Å²) in [4.78, 5) is 29.4. The van der Waals surface area contributed by atoms with Gasteiger partial charge in [0.05, 0.1) is 29.4 Å². The maximum atomic E-state index is 13.4. The SMILES string of the molecule is COC(=O)C1=C(CN2CCN(c3ccccc3Cl)CC2)NC(=O)N[C@@H]1c1ccc(F)cc1. The van der Waals surface area contributed by atoms with Gasteiger partial charge in [-0.05, 0) is 29.8 Å². The van der Waals surface area contributed by atoms with E-state index in [1.807, 2.05) is 24.3 Å². The van der Waals surface area contributed by atoms with Gasteiger partial charge in [0.1, 0.15) is 5.82 Å². The third-order valence-corrected chi connectivity index (χ3v) is 6.03. The molecule has 4 rings (SSSR count). The lowest BCUT2D eigenvalue weighted by molar-refractivity contribution is -0.136. The van der Waals surface area contributed by atoms with Crippen LogP contribution in [-0.4, -0.2) is 56.7 Å². The van der Waals surface area contributed by atoms with E-state index < -0.39 is 23.9 Å². The van der Waals surface area contributed by atoms with Gasteiger partial charge in [0.25, 0.3) is 0 Å². The molecule has 1 saturated heterocycles. The van der Waals surface area contributed by atoms with E-state index in [1.54, 1.807) is 12.1 Å². The Morgan fingerprint density at radius 1 is 1.12 bits per heavy atom. The van der Waals surface area contributed by atoms with Crippen LogP contribution in [0, 0.1) is 5.82 Å². The van der Waals surface area contributed by atoms with E-state index >= 15 is 0 Å². The van der Waals surface area contributed by atoms with Crippen LogP contribution in [0.1, 0.15) is 11.6 Å². The van der Waals surface area contributed by atoms with Crippen LogP contribution in [-0.2, 0) is 9.53 Å². The number of piperazine rings is 1. The largest absolute Gasteiger partial charge is 0.466 e. The summed E-state index contributed by atoms with van der Waals surface area (Å²) in [5.41, 5.74) is 2.39. The first kappa shape index (κ1) is 22.1. The molecule has 32 heavy (non-hydrogen) atoms. The van der Waals surface area contributed by atoms with Gasteiger partial charge >= 0.3 is 12.0 Å². The number of amides is 2. The van der Waals surface area contributed by atoms with Gasteiger partial charge in [-0.15, -0.1) is 0 Å². The molecule has 0 unspecified atom stereocenters. The number of para-hydroxylation sites is 1. The zero-order valence-corrected chi connectivity index (χ0v) is 18.4. The molecule has 0 saturated carbocycles. The van der Waals surface area contributed by atoms with Crippen LogP contribution in [0.15, 0.2) is 59.8 Å². The molecule has 0 aromatic heterocycles. The summed E-state index contributed by atoms with van der Waals surface area (Å²) < 4.78 is 18.4. The second-order valence-electron chi connectivity index (χ2n) is 7.68. The maximum absolute atomic E-state index is 13.4. The Labute approximate surface area is 190 Å². The molecule has 0 aliphatic carbocycles. The Hall–Kier alpha value is -3.10. The average Bonchev–Trinajstić information content (AvgIpc) is 2.80. The first-order chi connectivity index (χ1) is 15.5. The number of anilines is 1. The summed E-state index contributed by atoms with van der Waals surface area (Å²) >= 11 is 6.33. The maximum Gasteiger partial charge on any atom is 0.338 e. The number of ether oxygens (including phenoxy) is 1. The van der Waals surface area contributed by atoms with Crippen molar-refractivity contribution in [1.82, 2.24) is 15.5 Å². The van der Waals surface area contributed by atoms with Crippen LogP contribution < -0.4 is 15.5 Å². The smallest absolute Gasteiger partial charge is 0.338 e. The molecule has 9 heteroatoms. The Kier molecular flexibility index (Phi) is 6.62. The second kappa shape index (κ2) is 9.58. The minimum absolute atomic E-state index is 0.312. The number of hydrogen-bond acceptors (Lipinski definition) is 5. The van der Waals surface area contributed by atoms with E-state index in [0.29, 0.717) is 28.4 Å². The third-order valence-electron chi connectivity index (χ3n) is 5.71. The summed E-state index contributed by atoms with van der Waals surface area (Å²) in [5, 5.41) is 6.23. The van der Waals surface area contributed by atoms with E-state index in [-0.39, 0.29) is 0 Å². The standard InChI is InChI=1S/C23H24ClFN4O3/c1-32-22(30)20-18(26-23(31)27-21(20)15-6-8-16(25)9-7-15)14-28-10-12-29(13-11-28)19-5-3-2-4-17(19)24/h2-9,21H,10-14H2,1H3,(H2,26,27,31)/t21-/m1/s1. The lowest BCUT2D eigenvalue weighted by atomic mass is 9.95. The van der Waals surface area contributed by atoms with Crippen molar-refractivity contribution in [2.24, 2.45) is 0 Å². The van der Waals surface area contributed by atoms with Crippen LogP contribution in [0.3, 0.4) is 0 Å². The van der Waals surface area contributed by atoms with Crippen molar-refractivity contribution < 1.29 is 18.7 Å². The lowest BCUT2D eigenvalue weighted by Crippen LogP contribution is -2.51. The third kappa shape index (κ3) is 4.71. The van der Waals surface area contributed by atoms with E-state index in [9.17, 15) is 14.0 Å². The summed E-state index contributed by atoms with van der Waals surface area (Å²) in [7, 11) is 1.30. The number of hydrogen-bond donors (Lipinski definition) is 2. The summed E-state index contributed by atoms with van der Waals surface area (Å²) in [6, 6.07) is 12.3. The molecule has 0 radical (unpaired) electrons. The van der Waals surface area contributed by atoms with Gasteiger partial charge in [0.2, 0.25) is 0 Å². The molecule has 2 aliphatic rings. The van der Waals surface area contributed by atoms with Gasteiger partial charge in [0, 0.05) is 38.4 Å². The molecule has 2 heterocycles. The van der Waals surface area contributed by atoms with Crippen molar-refractivity contribution in [3.05, 3.63) is 76.2 Å². The molecule has 1 atom stereocenters. The second-order valence-corrected chi connectivity index (χ2v) is 8.09. The number of carbonyl (C=O) groups excluding carboxylic acids is 2. The molecule has 2 aromatic rings. The molecule has 7 nitrogen and oxygen atoms in total. The van der Waals surface area contributed by atoms with E-state index in [1.165, 1.54) is 19.2 Å². The topological polar surface area (TPSA) is 73.9 Å². The van der Waals surface area contributed by atoms with Crippen LogP contribution in [0.25, 0.3) is 0 Å². The Bertz CT molecular complexity index is 1040. The Balaban J connectivity index is 1.55. The van der Waals surface area contributed by atoms with Gasteiger partial charge in [-0.1, -0.05) is 35.9 Å². The highest BCUT2D eigenvalue weighted by Crippen LogP contribution is 2.29. The van der Waals surface area contributed by atoms with Gasteiger partial charge in [-0.2, -0.15) is 0 Å². The minimum Gasteiger partial charge on any atom is -0.466 e. The fourth-order valence-corrected chi connectivity index (χ4v) is 4.33. The fourth-order valence-electron chi connectivity index (χ4n) is 4.08. The molecule has 0 spiro atoms. The van der Waals surface area contributed by atoms with Crippen molar-refractivity contribution in [1.29, 1.82) is 0 Å². The lowest BCUT2D eigenvalue weighted by Gasteiger charge is -2.38. The molecule has 1 fully saturated rings. The van der Waals surface area contributed by atoms with Crippen molar-refractivity contribution in [2.45, 2.75) is 6.04 Å². The first-order valence-corrected chi connectivity index (χ1v) is 10.7. The van der Waals surface area contributed by atoms with Crippen molar-refractivity contribution in [3.63, 3.8) is 0 Å². The number of urea groups is 1. The number of nitrogens with zero attached hydrogens (tertiary/aromatic N) is 2. The number of carbonyl (C=O) groups is 2. The molecular weight excluding hydrogens is 435 g/mol. The number of rotatable bonds is 5. The van der Waals surface area contributed by atoms with Crippen LogP contribution in [0.4, 0.5) is 14.9 Å². The quantitative estimate of drug-likeness (QED) is 0.674. The number of halogens is 2. The van der Waals surface area contributed by atoms with E-state index in [4.69, 9.17) is 16.3 Å². The van der Waals surface area contributed by atoms with Crippen molar-refractivity contribution in [2.75, 3.05) is 44.7 Å². The fraction of sp³-hybridized carbons (Fsp3) is 0.304. The molecule has 2 aromatic carbocycles. The molecule has 2 aliphatic heterocycles. The van der Waals surface area contributed by atoms with Crippen molar-refractivity contribution >= 4 is 29.3 Å². The predicted octanol–water partition coefficient (Wildman–Crippen LogP) is 3.08. The first-order valence-electron chi connectivity index (χ1n) is 10.3. The van der Waals surface area contributed by atoms with Gasteiger partial charge in [-0.25, -0.2) is 14.0 Å². The van der Waals surface area contributed by atoms with Crippen LogP contribution >= 0.6 is 11.6 Å². The number of methoxy groups -OCH3 is 1. The number of esters is 1. The van der Waals surface area contributed by atoms with E-state index in [2.05, 4.69) is 20.4 Å². The number of benzene rings is 2. The van der Waals surface area contributed by atoms with Crippen LogP contribution in [0.2, 0.25) is 5.02 Å². The highest BCUT2D eigenvalue weighted by atomic mass is 35.5. The summed E-state index contributed by atoms with van der Waals surface area (Å²) in [6.07, 6.45) is 0.